The van der Waals surface area contributed by atoms with Crippen LogP contribution in [0.25, 0.3) is 0 Å². The Labute approximate surface area is 158 Å². The molecule has 2 N–H and O–H groups in total. The third-order valence-electron chi connectivity index (χ3n) is 3.99. The molecule has 0 saturated heterocycles. The number of carbonyl (C=O) groups excluding carboxylic acids is 3. The molecular formula is C18H24N2O6S. The van der Waals surface area contributed by atoms with Crippen LogP contribution in [0.5, 0.6) is 0 Å². The van der Waals surface area contributed by atoms with Gasteiger partial charge in [0.05, 0.1) is 5.75 Å². The summed E-state index contributed by atoms with van der Waals surface area (Å²) in [6.45, 7) is 1.43. The molecule has 1 aromatic carbocycles. The first kappa shape index (κ1) is 20.9. The summed E-state index contributed by atoms with van der Waals surface area (Å²) in [7, 11) is -3.34. The van der Waals surface area contributed by atoms with Crippen LogP contribution in [0.1, 0.15) is 36.5 Å². The van der Waals surface area contributed by atoms with Crippen LogP contribution in [0.15, 0.2) is 30.3 Å². The molecule has 148 valence electrons. The van der Waals surface area contributed by atoms with E-state index in [0.717, 1.165) is 19.1 Å². The highest BCUT2D eigenvalue weighted by atomic mass is 32.2. The van der Waals surface area contributed by atoms with Crippen LogP contribution in [0.4, 0.5) is 0 Å². The Morgan fingerprint density at radius 3 is 2.37 bits per heavy atom. The number of amides is 2. The van der Waals surface area contributed by atoms with E-state index in [0.29, 0.717) is 5.56 Å². The van der Waals surface area contributed by atoms with Crippen molar-refractivity contribution in [3.8, 4) is 0 Å². The minimum atomic E-state index is -3.34. The van der Waals surface area contributed by atoms with Crippen molar-refractivity contribution < 1.29 is 27.5 Å². The second kappa shape index (κ2) is 8.98. The molecule has 2 amide bonds. The van der Waals surface area contributed by atoms with Gasteiger partial charge in [-0.15, -0.1) is 0 Å². The van der Waals surface area contributed by atoms with Crippen molar-refractivity contribution in [3.63, 3.8) is 0 Å². The number of ether oxygens (including phenoxy) is 1. The number of nitrogens with one attached hydrogen (secondary N) is 2. The van der Waals surface area contributed by atoms with Gasteiger partial charge in [-0.05, 0) is 38.3 Å². The van der Waals surface area contributed by atoms with Gasteiger partial charge in [-0.25, -0.2) is 13.2 Å². The Balaban J connectivity index is 2.02. The van der Waals surface area contributed by atoms with Crippen molar-refractivity contribution in [3.05, 3.63) is 35.9 Å². The first-order chi connectivity index (χ1) is 12.7. The summed E-state index contributed by atoms with van der Waals surface area (Å²) in [4.78, 5) is 36.7. The highest BCUT2D eigenvalue weighted by Gasteiger charge is 2.30. The summed E-state index contributed by atoms with van der Waals surface area (Å²) in [5.74, 6) is -2.09. The zero-order chi connectivity index (χ0) is 20.0. The molecular weight excluding hydrogens is 372 g/mol. The average molecular weight is 396 g/mol. The smallest absolute Gasteiger partial charge is 0.329 e. The highest BCUT2D eigenvalue weighted by molar-refractivity contribution is 7.90. The Morgan fingerprint density at radius 2 is 1.81 bits per heavy atom. The van der Waals surface area contributed by atoms with Crippen LogP contribution in [-0.4, -0.2) is 56.4 Å². The van der Waals surface area contributed by atoms with Gasteiger partial charge in [-0.1, -0.05) is 18.2 Å². The maximum absolute atomic E-state index is 12.4. The molecule has 2 atom stereocenters. The van der Waals surface area contributed by atoms with Gasteiger partial charge in [0.2, 0.25) is 0 Å². The van der Waals surface area contributed by atoms with Gasteiger partial charge in [-0.2, -0.15) is 0 Å². The van der Waals surface area contributed by atoms with Crippen LogP contribution in [0.2, 0.25) is 0 Å². The molecule has 2 rings (SSSR count). The maximum Gasteiger partial charge on any atom is 0.329 e. The van der Waals surface area contributed by atoms with E-state index in [1.165, 1.54) is 6.92 Å². The molecule has 0 aliphatic heterocycles. The first-order valence-corrected chi connectivity index (χ1v) is 10.8. The second-order valence-electron chi connectivity index (χ2n) is 6.67. The van der Waals surface area contributed by atoms with Crippen molar-refractivity contribution in [1.82, 2.24) is 10.6 Å². The van der Waals surface area contributed by atoms with Gasteiger partial charge in [-0.3, -0.25) is 9.59 Å². The molecule has 1 aliphatic rings. The van der Waals surface area contributed by atoms with Crippen LogP contribution in [0.3, 0.4) is 0 Å². The maximum atomic E-state index is 12.4. The molecule has 0 spiro atoms. The minimum absolute atomic E-state index is 0.123. The van der Waals surface area contributed by atoms with E-state index in [1.807, 2.05) is 0 Å². The average Bonchev–Trinajstić information content (AvgIpc) is 3.42. The van der Waals surface area contributed by atoms with E-state index >= 15 is 0 Å². The molecule has 0 aromatic heterocycles. The lowest BCUT2D eigenvalue weighted by molar-refractivity contribution is -0.156. The molecule has 1 aliphatic carbocycles. The summed E-state index contributed by atoms with van der Waals surface area (Å²) >= 11 is 0. The van der Waals surface area contributed by atoms with E-state index in [9.17, 15) is 22.8 Å². The summed E-state index contributed by atoms with van der Waals surface area (Å²) < 4.78 is 28.0. The Morgan fingerprint density at radius 1 is 1.19 bits per heavy atom. The van der Waals surface area contributed by atoms with Gasteiger partial charge in [0.25, 0.3) is 11.8 Å². The lowest BCUT2D eigenvalue weighted by Crippen LogP contribution is -2.46. The number of hydrogen-bond acceptors (Lipinski definition) is 6. The third kappa shape index (κ3) is 7.38. The van der Waals surface area contributed by atoms with E-state index in [1.54, 1.807) is 30.3 Å². The fraction of sp³-hybridized carbons (Fsp3) is 0.500. The van der Waals surface area contributed by atoms with Gasteiger partial charge >= 0.3 is 5.97 Å². The zero-order valence-electron chi connectivity index (χ0n) is 15.3. The normalized spacial score (nSPS) is 16.1. The molecule has 9 heteroatoms. The molecule has 1 fully saturated rings. The molecule has 1 saturated carbocycles. The number of sulfone groups is 1. The quantitative estimate of drug-likeness (QED) is 0.585. The van der Waals surface area contributed by atoms with Crippen molar-refractivity contribution in [2.45, 2.75) is 44.4 Å². The van der Waals surface area contributed by atoms with Gasteiger partial charge < -0.3 is 15.4 Å². The fourth-order valence-electron chi connectivity index (χ4n) is 2.27. The van der Waals surface area contributed by atoms with Crippen molar-refractivity contribution in [2.75, 3.05) is 12.0 Å². The van der Waals surface area contributed by atoms with Gasteiger partial charge in [0.15, 0.2) is 6.10 Å². The van der Waals surface area contributed by atoms with Crippen molar-refractivity contribution in [1.29, 1.82) is 0 Å². The predicted molar refractivity (Wildman–Crippen MR) is 98.7 cm³/mol. The number of carbonyl (C=O) groups is 3. The zero-order valence-corrected chi connectivity index (χ0v) is 16.1. The molecule has 0 heterocycles. The molecule has 0 radical (unpaired) electrons. The van der Waals surface area contributed by atoms with Crippen molar-refractivity contribution in [2.24, 2.45) is 0 Å². The van der Waals surface area contributed by atoms with Crippen molar-refractivity contribution >= 4 is 27.6 Å². The molecule has 1 aromatic rings. The van der Waals surface area contributed by atoms with Gasteiger partial charge in [0.1, 0.15) is 15.9 Å². The van der Waals surface area contributed by atoms with Crippen LogP contribution < -0.4 is 10.6 Å². The van der Waals surface area contributed by atoms with E-state index in [2.05, 4.69) is 10.6 Å². The summed E-state index contributed by atoms with van der Waals surface area (Å²) in [6.07, 6.45) is 1.66. The molecule has 27 heavy (non-hydrogen) atoms. The number of benzene rings is 1. The molecule has 0 unspecified atom stereocenters. The topological polar surface area (TPSA) is 119 Å². The second-order valence-corrected chi connectivity index (χ2v) is 8.93. The Bertz CT molecular complexity index is 789. The minimum Gasteiger partial charge on any atom is -0.451 e. The van der Waals surface area contributed by atoms with Crippen LogP contribution >= 0.6 is 0 Å². The van der Waals surface area contributed by atoms with E-state index in [4.69, 9.17) is 4.74 Å². The fourth-order valence-corrected chi connectivity index (χ4v) is 2.93. The Kier molecular flexibility index (Phi) is 6.95. The number of hydrogen-bond donors (Lipinski definition) is 2. The number of rotatable bonds is 9. The summed E-state index contributed by atoms with van der Waals surface area (Å²) in [6, 6.07) is 7.17. The Hall–Kier alpha value is -2.42. The summed E-state index contributed by atoms with van der Waals surface area (Å²) in [5.41, 5.74) is 0.328. The standard InChI is InChI=1S/C18H24N2O6S/c1-12(16(21)19-14-8-9-14)26-18(23)15(10-11-27(2,24)25)20-17(22)13-6-4-3-5-7-13/h3-7,12,14-15H,8-11H2,1-2H3,(H,19,21)(H,20,22)/t12-,15+/m0/s1. The van der Waals surface area contributed by atoms with E-state index in [-0.39, 0.29) is 18.2 Å². The SMILES string of the molecule is C[C@H](OC(=O)[C@@H](CCS(C)(=O)=O)NC(=O)c1ccccc1)C(=O)NC1CC1. The lowest BCUT2D eigenvalue weighted by atomic mass is 10.1. The highest BCUT2D eigenvalue weighted by Crippen LogP contribution is 2.19. The number of esters is 1. The monoisotopic (exact) mass is 396 g/mol. The van der Waals surface area contributed by atoms with Crippen LogP contribution in [-0.2, 0) is 24.2 Å². The predicted octanol–water partition coefficient (Wildman–Crippen LogP) is 0.430. The lowest BCUT2D eigenvalue weighted by Gasteiger charge is -2.20. The molecule has 0 bridgehead atoms. The molecule has 8 nitrogen and oxygen atoms in total. The summed E-state index contributed by atoms with van der Waals surface area (Å²) in [5, 5.41) is 5.21. The van der Waals surface area contributed by atoms with Crippen LogP contribution in [0, 0.1) is 0 Å². The third-order valence-corrected chi connectivity index (χ3v) is 4.97. The first-order valence-electron chi connectivity index (χ1n) is 8.70. The largest absolute Gasteiger partial charge is 0.451 e. The van der Waals surface area contributed by atoms with Gasteiger partial charge in [0, 0.05) is 17.9 Å². The van der Waals surface area contributed by atoms with E-state index < -0.39 is 39.8 Å².